The van der Waals surface area contributed by atoms with Crippen molar-refractivity contribution in [2.45, 2.75) is 6.92 Å². The number of carboxylic acid groups (broad SMARTS) is 1. The smallest absolute Gasteiger partial charge is 0.354 e. The summed E-state index contributed by atoms with van der Waals surface area (Å²) < 4.78 is 25.8. The van der Waals surface area contributed by atoms with E-state index in [0.29, 0.717) is 5.69 Å². The number of aromatic amines is 1. The van der Waals surface area contributed by atoms with Gasteiger partial charge in [0.05, 0.1) is 5.69 Å². The molecular weight excluding hydrogens is 270 g/mol. The molecule has 0 bridgehead atoms. The van der Waals surface area contributed by atoms with E-state index in [0.717, 1.165) is 18.2 Å². The first-order valence-electron chi connectivity index (χ1n) is 5.58. The number of hydrogen-bond donors (Lipinski definition) is 3. The first-order valence-corrected chi connectivity index (χ1v) is 5.58. The Morgan fingerprint density at radius 1 is 1.20 bits per heavy atom. The van der Waals surface area contributed by atoms with Crippen molar-refractivity contribution in [3.63, 3.8) is 0 Å². The van der Waals surface area contributed by atoms with Gasteiger partial charge in [-0.15, -0.1) is 0 Å². The van der Waals surface area contributed by atoms with Crippen molar-refractivity contribution >= 4 is 17.6 Å². The van der Waals surface area contributed by atoms with Crippen molar-refractivity contribution < 1.29 is 23.5 Å². The molecule has 3 N–H and O–H groups in total. The maximum atomic E-state index is 13.0. The van der Waals surface area contributed by atoms with Gasteiger partial charge < -0.3 is 15.4 Å². The van der Waals surface area contributed by atoms with E-state index in [1.54, 1.807) is 6.92 Å². The average Bonchev–Trinajstić information content (AvgIpc) is 2.73. The van der Waals surface area contributed by atoms with E-state index in [4.69, 9.17) is 5.11 Å². The van der Waals surface area contributed by atoms with Crippen LogP contribution in [0.15, 0.2) is 24.3 Å². The Hall–Kier alpha value is -2.70. The van der Waals surface area contributed by atoms with Gasteiger partial charge in [-0.05, 0) is 31.2 Å². The predicted molar refractivity (Wildman–Crippen MR) is 66.8 cm³/mol. The summed E-state index contributed by atoms with van der Waals surface area (Å²) in [5, 5.41) is 11.3. The molecule has 0 radical (unpaired) electrons. The van der Waals surface area contributed by atoms with Crippen LogP contribution in [0, 0.1) is 18.6 Å². The number of benzene rings is 1. The number of hydrogen-bond acceptors (Lipinski definition) is 2. The molecule has 1 heterocycles. The van der Waals surface area contributed by atoms with Gasteiger partial charge in [0.25, 0.3) is 5.91 Å². The minimum atomic E-state index is -1.24. The number of carbonyl (C=O) groups is 2. The number of aromatic carboxylic acids is 1. The number of carboxylic acids is 1. The van der Waals surface area contributed by atoms with Gasteiger partial charge in [-0.2, -0.15) is 0 Å². The van der Waals surface area contributed by atoms with Crippen LogP contribution in [-0.2, 0) is 0 Å². The Balaban J connectivity index is 2.27. The Labute approximate surface area is 112 Å². The molecule has 0 unspecified atom stereocenters. The first kappa shape index (κ1) is 13.7. The van der Waals surface area contributed by atoms with Gasteiger partial charge in [-0.1, -0.05) is 0 Å². The Morgan fingerprint density at radius 3 is 2.50 bits per heavy atom. The van der Waals surface area contributed by atoms with Crippen molar-refractivity contribution in [3.05, 3.63) is 52.9 Å². The summed E-state index contributed by atoms with van der Waals surface area (Å²) in [5.41, 5.74) is 0.310. The summed E-state index contributed by atoms with van der Waals surface area (Å²) in [4.78, 5) is 25.4. The second-order valence-electron chi connectivity index (χ2n) is 4.13. The predicted octanol–water partition coefficient (Wildman–Crippen LogP) is 2.55. The van der Waals surface area contributed by atoms with E-state index in [1.807, 2.05) is 0 Å². The summed E-state index contributed by atoms with van der Waals surface area (Å²) >= 11 is 0. The Kier molecular flexibility index (Phi) is 3.51. The van der Waals surface area contributed by atoms with Crippen molar-refractivity contribution in [1.82, 2.24) is 4.98 Å². The van der Waals surface area contributed by atoms with E-state index in [-0.39, 0.29) is 16.9 Å². The van der Waals surface area contributed by atoms with Crippen LogP contribution in [0.5, 0.6) is 0 Å². The SMILES string of the molecule is Cc1cc(NC(=O)c2ccc(F)c(F)c2)c(C(=O)O)[nH]1. The number of aryl methyl sites for hydroxylation is 1. The van der Waals surface area contributed by atoms with Crippen LogP contribution in [0.4, 0.5) is 14.5 Å². The van der Waals surface area contributed by atoms with Gasteiger partial charge in [-0.3, -0.25) is 4.79 Å². The second kappa shape index (κ2) is 5.12. The molecule has 5 nitrogen and oxygen atoms in total. The molecular formula is C13H10F2N2O3. The van der Waals surface area contributed by atoms with Gasteiger partial charge in [0.15, 0.2) is 11.6 Å². The van der Waals surface area contributed by atoms with E-state index in [9.17, 15) is 18.4 Å². The van der Waals surface area contributed by atoms with Crippen LogP contribution in [-0.4, -0.2) is 22.0 Å². The number of H-pyrrole nitrogens is 1. The maximum absolute atomic E-state index is 13.0. The number of aromatic nitrogens is 1. The van der Waals surface area contributed by atoms with Crippen LogP contribution >= 0.6 is 0 Å². The van der Waals surface area contributed by atoms with Crippen LogP contribution in [0.1, 0.15) is 26.5 Å². The molecule has 0 aliphatic carbocycles. The second-order valence-corrected chi connectivity index (χ2v) is 4.13. The molecule has 0 aliphatic heterocycles. The number of amides is 1. The molecule has 0 spiro atoms. The minimum Gasteiger partial charge on any atom is -0.477 e. The first-order chi connectivity index (χ1) is 9.38. The van der Waals surface area contributed by atoms with E-state index in [1.165, 1.54) is 6.07 Å². The van der Waals surface area contributed by atoms with Crippen molar-refractivity contribution in [3.8, 4) is 0 Å². The normalized spacial score (nSPS) is 10.3. The van der Waals surface area contributed by atoms with E-state index >= 15 is 0 Å². The monoisotopic (exact) mass is 280 g/mol. The Morgan fingerprint density at radius 2 is 1.90 bits per heavy atom. The highest BCUT2D eigenvalue weighted by molar-refractivity contribution is 6.07. The molecule has 1 aromatic heterocycles. The summed E-state index contributed by atoms with van der Waals surface area (Å²) in [7, 11) is 0. The van der Waals surface area contributed by atoms with Gasteiger partial charge in [0, 0.05) is 11.3 Å². The highest BCUT2D eigenvalue weighted by Crippen LogP contribution is 2.18. The fourth-order valence-corrected chi connectivity index (χ4v) is 1.69. The minimum absolute atomic E-state index is 0.0599. The number of nitrogens with one attached hydrogen (secondary N) is 2. The molecule has 20 heavy (non-hydrogen) atoms. The van der Waals surface area contributed by atoms with Crippen LogP contribution in [0.3, 0.4) is 0 Å². The fourth-order valence-electron chi connectivity index (χ4n) is 1.69. The zero-order chi connectivity index (χ0) is 14.9. The zero-order valence-corrected chi connectivity index (χ0v) is 10.3. The molecule has 0 fully saturated rings. The van der Waals surface area contributed by atoms with E-state index < -0.39 is 23.5 Å². The van der Waals surface area contributed by atoms with Gasteiger partial charge >= 0.3 is 5.97 Å². The van der Waals surface area contributed by atoms with E-state index in [2.05, 4.69) is 10.3 Å². The molecule has 0 saturated carbocycles. The quantitative estimate of drug-likeness (QED) is 0.808. The molecule has 2 aromatic rings. The average molecular weight is 280 g/mol. The molecule has 2 rings (SSSR count). The van der Waals surface area contributed by atoms with Crippen molar-refractivity contribution in [2.75, 3.05) is 5.32 Å². The van der Waals surface area contributed by atoms with Gasteiger partial charge in [0.1, 0.15) is 5.69 Å². The van der Waals surface area contributed by atoms with Crippen LogP contribution < -0.4 is 5.32 Å². The third kappa shape index (κ3) is 2.66. The lowest BCUT2D eigenvalue weighted by Gasteiger charge is -2.04. The van der Waals surface area contributed by atoms with Crippen molar-refractivity contribution in [1.29, 1.82) is 0 Å². The number of anilines is 1. The lowest BCUT2D eigenvalue weighted by molar-refractivity contribution is 0.0692. The molecule has 0 atom stereocenters. The van der Waals surface area contributed by atoms with Crippen LogP contribution in [0.2, 0.25) is 0 Å². The highest BCUT2D eigenvalue weighted by Gasteiger charge is 2.17. The lowest BCUT2D eigenvalue weighted by atomic mass is 10.2. The lowest BCUT2D eigenvalue weighted by Crippen LogP contribution is -2.14. The maximum Gasteiger partial charge on any atom is 0.354 e. The summed E-state index contributed by atoms with van der Waals surface area (Å²) in [6, 6.07) is 4.10. The molecule has 104 valence electrons. The summed E-state index contributed by atoms with van der Waals surface area (Å²) in [6.07, 6.45) is 0. The summed E-state index contributed by atoms with van der Waals surface area (Å²) in [5.74, 6) is -4.18. The number of carbonyl (C=O) groups excluding carboxylic acids is 1. The third-order valence-electron chi connectivity index (χ3n) is 2.60. The molecule has 7 heteroatoms. The fraction of sp³-hybridized carbons (Fsp3) is 0.0769. The highest BCUT2D eigenvalue weighted by atomic mass is 19.2. The molecule has 1 amide bonds. The third-order valence-corrected chi connectivity index (χ3v) is 2.60. The molecule has 0 saturated heterocycles. The van der Waals surface area contributed by atoms with Crippen molar-refractivity contribution in [2.24, 2.45) is 0 Å². The summed E-state index contributed by atoms with van der Waals surface area (Å²) in [6.45, 7) is 1.62. The largest absolute Gasteiger partial charge is 0.477 e. The van der Waals surface area contributed by atoms with Gasteiger partial charge in [0.2, 0.25) is 0 Å². The molecule has 1 aromatic carbocycles. The molecule has 0 aliphatic rings. The number of rotatable bonds is 3. The zero-order valence-electron chi connectivity index (χ0n) is 10.3. The van der Waals surface area contributed by atoms with Crippen LogP contribution in [0.25, 0.3) is 0 Å². The van der Waals surface area contributed by atoms with Gasteiger partial charge in [-0.25, -0.2) is 13.6 Å². The standard InChI is InChI=1S/C13H10F2N2O3/c1-6-4-10(11(16-6)13(19)20)17-12(18)7-2-3-8(14)9(15)5-7/h2-5,16H,1H3,(H,17,18)(H,19,20). The number of halogens is 2. The Bertz CT molecular complexity index is 695. The topological polar surface area (TPSA) is 82.2 Å².